The van der Waals surface area contributed by atoms with Gasteiger partial charge in [-0.25, -0.2) is 0 Å². The maximum absolute atomic E-state index is 12.5. The summed E-state index contributed by atoms with van der Waals surface area (Å²) in [4.78, 5) is 24.6. The third kappa shape index (κ3) is 57.9. The first-order valence-electron chi connectivity index (χ1n) is 32.9. The Kier molecular flexibility index (Phi) is 60.9. The van der Waals surface area contributed by atoms with Gasteiger partial charge in [-0.2, -0.15) is 0 Å². The van der Waals surface area contributed by atoms with Crippen molar-refractivity contribution in [3.05, 3.63) is 12.2 Å². The quantitative estimate of drug-likeness (QED) is 0.0320. The first-order chi connectivity index (χ1) is 35.5. The van der Waals surface area contributed by atoms with E-state index in [0.29, 0.717) is 25.9 Å². The summed E-state index contributed by atoms with van der Waals surface area (Å²) < 4.78 is 5.48. The Morgan fingerprint density at radius 2 is 0.653 bits per heavy atom. The van der Waals surface area contributed by atoms with Gasteiger partial charge in [-0.3, -0.25) is 9.59 Å². The highest BCUT2D eigenvalue weighted by Gasteiger charge is 2.20. The highest BCUT2D eigenvalue weighted by atomic mass is 16.5. The number of esters is 1. The topological polar surface area (TPSA) is 95.9 Å². The van der Waals surface area contributed by atoms with Gasteiger partial charge in [-0.1, -0.05) is 321 Å². The lowest BCUT2D eigenvalue weighted by Gasteiger charge is -2.22. The van der Waals surface area contributed by atoms with Gasteiger partial charge in [-0.05, 0) is 51.4 Å². The molecule has 6 nitrogen and oxygen atoms in total. The predicted molar refractivity (Wildman–Crippen MR) is 315 cm³/mol. The van der Waals surface area contributed by atoms with Crippen molar-refractivity contribution in [2.24, 2.45) is 0 Å². The van der Waals surface area contributed by atoms with Gasteiger partial charge in [0.25, 0.3) is 0 Å². The number of carbonyl (C=O) groups excluding carboxylic acids is 2. The van der Waals surface area contributed by atoms with E-state index in [4.69, 9.17) is 4.74 Å². The van der Waals surface area contributed by atoms with E-state index >= 15 is 0 Å². The summed E-state index contributed by atoms with van der Waals surface area (Å²) in [6.45, 7) is 4.97. The van der Waals surface area contributed by atoms with Crippen molar-refractivity contribution >= 4 is 11.9 Å². The molecule has 0 aliphatic carbocycles. The zero-order valence-electron chi connectivity index (χ0n) is 48.9. The van der Waals surface area contributed by atoms with Crippen LogP contribution in [-0.2, 0) is 14.3 Å². The smallest absolute Gasteiger partial charge is 0.305 e. The Morgan fingerprint density at radius 1 is 0.375 bits per heavy atom. The van der Waals surface area contributed by atoms with Crippen LogP contribution in [0.3, 0.4) is 0 Å². The molecule has 0 aromatic heterocycles. The van der Waals surface area contributed by atoms with Gasteiger partial charge < -0.3 is 20.3 Å². The molecule has 0 saturated heterocycles. The van der Waals surface area contributed by atoms with Crippen LogP contribution in [0.5, 0.6) is 0 Å². The molecule has 0 aliphatic rings. The largest absolute Gasteiger partial charge is 0.466 e. The van der Waals surface area contributed by atoms with Crippen molar-refractivity contribution in [1.82, 2.24) is 5.32 Å². The second kappa shape index (κ2) is 62.1. The normalized spacial score (nSPS) is 12.6. The van der Waals surface area contributed by atoms with Gasteiger partial charge >= 0.3 is 5.97 Å². The molecule has 0 fully saturated rings. The van der Waals surface area contributed by atoms with Gasteiger partial charge in [0.1, 0.15) is 0 Å². The lowest BCUT2D eigenvalue weighted by molar-refractivity contribution is -0.143. The third-order valence-corrected chi connectivity index (χ3v) is 15.6. The molecular formula is C66H129NO5. The Hall–Kier alpha value is -1.40. The first kappa shape index (κ1) is 70.6. The van der Waals surface area contributed by atoms with Crippen LogP contribution in [0.25, 0.3) is 0 Å². The zero-order chi connectivity index (χ0) is 52.2. The molecule has 0 bridgehead atoms. The standard InChI is InChI=1S/C66H129NO5/c1-3-5-7-9-11-13-15-17-19-28-31-34-38-42-46-50-54-58-64(69)63(62-68)67-65(70)59-55-51-47-43-39-35-32-29-26-24-22-20-21-23-25-27-30-33-37-41-45-49-53-57-61-72-66(71)60-56-52-48-44-40-36-18-16-14-12-10-8-6-4-2/h16,18,63-64,68-69H,3-15,17,19-62H2,1-2H3,(H,67,70)/b18-16-. The Morgan fingerprint density at radius 3 is 0.986 bits per heavy atom. The molecule has 0 aromatic rings. The molecule has 3 N–H and O–H groups in total. The maximum atomic E-state index is 12.5. The summed E-state index contributed by atoms with van der Waals surface area (Å²) in [6.07, 6.45) is 75.2. The van der Waals surface area contributed by atoms with Crippen molar-refractivity contribution in [2.75, 3.05) is 13.2 Å². The van der Waals surface area contributed by atoms with Gasteiger partial charge in [-0.15, -0.1) is 0 Å². The molecule has 6 heteroatoms. The minimum Gasteiger partial charge on any atom is -0.466 e. The number of ether oxygens (including phenoxy) is 1. The zero-order valence-corrected chi connectivity index (χ0v) is 48.9. The Bertz CT molecular complexity index is 1080. The predicted octanol–water partition coefficient (Wildman–Crippen LogP) is 20.8. The molecule has 0 radical (unpaired) electrons. The molecule has 0 aromatic carbocycles. The number of carbonyl (C=O) groups is 2. The molecular weight excluding hydrogens is 887 g/mol. The SMILES string of the molecule is CCCCCCC/C=C\CCCCCCCC(=O)OCCCCCCCCCCCCCCCCCCCCCCCCCCC(=O)NC(CO)C(O)CCCCCCCCCCCCCCCCCCC. The minimum atomic E-state index is -0.663. The number of nitrogens with one attached hydrogen (secondary N) is 1. The Balaban J connectivity index is 3.36. The monoisotopic (exact) mass is 1020 g/mol. The number of hydrogen-bond donors (Lipinski definition) is 3. The Labute approximate surface area is 450 Å². The summed E-state index contributed by atoms with van der Waals surface area (Å²) in [5, 5.41) is 23.4. The molecule has 2 unspecified atom stereocenters. The van der Waals surface area contributed by atoms with Gasteiger partial charge in [0.05, 0.1) is 25.4 Å². The second-order valence-corrected chi connectivity index (χ2v) is 22.8. The van der Waals surface area contributed by atoms with E-state index in [1.54, 1.807) is 0 Å². The molecule has 2 atom stereocenters. The van der Waals surface area contributed by atoms with Crippen molar-refractivity contribution < 1.29 is 24.5 Å². The molecule has 0 rings (SSSR count). The lowest BCUT2D eigenvalue weighted by Crippen LogP contribution is -2.45. The van der Waals surface area contributed by atoms with E-state index in [0.717, 1.165) is 44.9 Å². The van der Waals surface area contributed by atoms with Crippen LogP contribution >= 0.6 is 0 Å². The number of allylic oxidation sites excluding steroid dienone is 2. The summed E-state index contributed by atoms with van der Waals surface area (Å²) >= 11 is 0. The summed E-state index contributed by atoms with van der Waals surface area (Å²) in [5.41, 5.74) is 0. The fourth-order valence-electron chi connectivity index (χ4n) is 10.5. The highest BCUT2D eigenvalue weighted by Crippen LogP contribution is 2.19. The molecule has 72 heavy (non-hydrogen) atoms. The van der Waals surface area contributed by atoms with Crippen LogP contribution in [-0.4, -0.2) is 47.4 Å². The molecule has 0 saturated carbocycles. The number of aliphatic hydroxyl groups is 2. The average molecular weight is 1020 g/mol. The van der Waals surface area contributed by atoms with Crippen molar-refractivity contribution in [2.45, 2.75) is 386 Å². The number of hydrogen-bond acceptors (Lipinski definition) is 5. The highest BCUT2D eigenvalue weighted by molar-refractivity contribution is 5.76. The van der Waals surface area contributed by atoms with Crippen LogP contribution in [0.4, 0.5) is 0 Å². The van der Waals surface area contributed by atoms with Gasteiger partial charge in [0.2, 0.25) is 5.91 Å². The number of unbranched alkanes of at least 4 members (excludes halogenated alkanes) is 49. The molecule has 0 aliphatic heterocycles. The molecule has 1 amide bonds. The van der Waals surface area contributed by atoms with E-state index < -0.39 is 12.1 Å². The van der Waals surface area contributed by atoms with Gasteiger partial charge in [0, 0.05) is 12.8 Å². The average Bonchev–Trinajstić information content (AvgIpc) is 3.38. The van der Waals surface area contributed by atoms with Crippen LogP contribution < -0.4 is 5.32 Å². The number of amides is 1. The van der Waals surface area contributed by atoms with Crippen LogP contribution in [0.15, 0.2) is 12.2 Å². The van der Waals surface area contributed by atoms with Crippen molar-refractivity contribution in [1.29, 1.82) is 0 Å². The second-order valence-electron chi connectivity index (χ2n) is 22.8. The minimum absolute atomic E-state index is 0.00776. The van der Waals surface area contributed by atoms with E-state index in [1.165, 1.54) is 295 Å². The van der Waals surface area contributed by atoms with E-state index in [2.05, 4.69) is 31.3 Å². The van der Waals surface area contributed by atoms with Gasteiger partial charge in [0.15, 0.2) is 0 Å². The summed E-state index contributed by atoms with van der Waals surface area (Å²) in [7, 11) is 0. The molecule has 0 spiro atoms. The first-order valence-corrected chi connectivity index (χ1v) is 32.9. The molecule has 0 heterocycles. The van der Waals surface area contributed by atoms with Crippen molar-refractivity contribution in [3.8, 4) is 0 Å². The maximum Gasteiger partial charge on any atom is 0.305 e. The third-order valence-electron chi connectivity index (χ3n) is 15.6. The number of rotatable bonds is 62. The summed E-state index contributed by atoms with van der Waals surface area (Å²) in [6, 6.07) is -0.540. The van der Waals surface area contributed by atoms with E-state index in [-0.39, 0.29) is 18.5 Å². The van der Waals surface area contributed by atoms with Crippen molar-refractivity contribution in [3.63, 3.8) is 0 Å². The number of aliphatic hydroxyl groups excluding tert-OH is 2. The van der Waals surface area contributed by atoms with E-state index in [1.807, 2.05) is 0 Å². The van der Waals surface area contributed by atoms with E-state index in [9.17, 15) is 19.8 Å². The van der Waals surface area contributed by atoms with Crippen LogP contribution in [0.1, 0.15) is 373 Å². The summed E-state index contributed by atoms with van der Waals surface area (Å²) in [5.74, 6) is -0.0226. The lowest BCUT2D eigenvalue weighted by atomic mass is 10.0. The fraction of sp³-hybridized carbons (Fsp3) is 0.939. The van der Waals surface area contributed by atoms with Crippen LogP contribution in [0, 0.1) is 0 Å². The van der Waals surface area contributed by atoms with Crippen LogP contribution in [0.2, 0.25) is 0 Å². The molecule has 428 valence electrons. The fourth-order valence-corrected chi connectivity index (χ4v) is 10.5.